The summed E-state index contributed by atoms with van der Waals surface area (Å²) in [5.41, 5.74) is 0.563. The van der Waals surface area contributed by atoms with Crippen molar-refractivity contribution < 1.29 is 22.7 Å². The minimum Gasteiger partial charge on any atom is -0.497 e. The molecule has 0 unspecified atom stereocenters. The molecule has 7 nitrogen and oxygen atoms in total. The Balaban J connectivity index is 1.66. The van der Waals surface area contributed by atoms with Gasteiger partial charge in [-0.15, -0.1) is 0 Å². The number of ether oxygens (including phenoxy) is 2. The first-order chi connectivity index (χ1) is 13.9. The first-order valence-corrected chi connectivity index (χ1v) is 12.2. The van der Waals surface area contributed by atoms with E-state index in [1.54, 1.807) is 31.4 Å². The third kappa shape index (κ3) is 8.62. The number of nitrogens with zero attached hydrogens (tertiary/aromatic N) is 1. The number of hydrogen-bond donors (Lipinski definition) is 1. The fourth-order valence-electron chi connectivity index (χ4n) is 3.49. The minimum atomic E-state index is -3.43. The predicted octanol–water partition coefficient (Wildman–Crippen LogP) is 3.10. The molecule has 0 radical (unpaired) electrons. The molecule has 1 N–H and O–H groups in total. The number of carbonyl (C=O) groups excluding carboxylic acids is 1. The van der Waals surface area contributed by atoms with Gasteiger partial charge in [0.15, 0.2) is 0 Å². The Labute approximate surface area is 174 Å². The quantitative estimate of drug-likeness (QED) is 0.519. The van der Waals surface area contributed by atoms with Crippen LogP contribution in [0.1, 0.15) is 51.4 Å². The summed E-state index contributed by atoms with van der Waals surface area (Å²) in [5.74, 6) is 0.597. The molecule has 0 aromatic heterocycles. The molecule has 0 heterocycles. The maximum atomic E-state index is 12.1. The molecule has 2 rings (SSSR count). The van der Waals surface area contributed by atoms with E-state index in [1.165, 1.54) is 29.8 Å². The van der Waals surface area contributed by atoms with Crippen molar-refractivity contribution in [1.82, 2.24) is 5.32 Å². The Kier molecular flexibility index (Phi) is 9.73. The van der Waals surface area contributed by atoms with Crippen LogP contribution in [0, 0.1) is 0 Å². The van der Waals surface area contributed by atoms with Crippen LogP contribution in [-0.2, 0) is 19.6 Å². The van der Waals surface area contributed by atoms with Crippen molar-refractivity contribution in [2.24, 2.45) is 0 Å². The van der Waals surface area contributed by atoms with Gasteiger partial charge in [0.05, 0.1) is 25.2 Å². The third-order valence-corrected chi connectivity index (χ3v) is 6.27. The lowest BCUT2D eigenvalue weighted by atomic mass is 9.98. The molecular weight excluding hydrogens is 392 g/mol. The van der Waals surface area contributed by atoms with E-state index in [-0.39, 0.29) is 18.9 Å². The second-order valence-electron chi connectivity index (χ2n) is 7.47. The van der Waals surface area contributed by atoms with Crippen LogP contribution in [-0.4, -0.2) is 53.5 Å². The fraction of sp³-hybridized carbons (Fsp3) is 0.667. The van der Waals surface area contributed by atoms with E-state index in [4.69, 9.17) is 9.47 Å². The summed E-state index contributed by atoms with van der Waals surface area (Å²) in [6.45, 7) is 1.51. The number of carbonyl (C=O) groups is 1. The first-order valence-electron chi connectivity index (χ1n) is 10.4. The van der Waals surface area contributed by atoms with Gasteiger partial charge in [-0.3, -0.25) is 9.10 Å². The molecule has 1 aromatic rings. The van der Waals surface area contributed by atoms with Gasteiger partial charge < -0.3 is 14.8 Å². The molecule has 1 aliphatic rings. The van der Waals surface area contributed by atoms with E-state index in [9.17, 15) is 13.2 Å². The number of hydrogen-bond acceptors (Lipinski definition) is 5. The summed E-state index contributed by atoms with van der Waals surface area (Å²) in [7, 11) is -1.87. The smallest absolute Gasteiger partial charge is 0.232 e. The van der Waals surface area contributed by atoms with Crippen LogP contribution in [0.5, 0.6) is 5.75 Å². The van der Waals surface area contributed by atoms with Crippen molar-refractivity contribution >= 4 is 21.6 Å². The highest BCUT2D eigenvalue weighted by molar-refractivity contribution is 7.92. The zero-order valence-corrected chi connectivity index (χ0v) is 18.4. The Morgan fingerprint density at radius 3 is 2.45 bits per heavy atom. The molecular formula is C21H34N2O5S. The molecule has 0 bridgehead atoms. The van der Waals surface area contributed by atoms with Crippen LogP contribution in [0.4, 0.5) is 5.69 Å². The number of rotatable bonds is 12. The van der Waals surface area contributed by atoms with Crippen molar-refractivity contribution in [3.63, 3.8) is 0 Å². The second kappa shape index (κ2) is 12.0. The van der Waals surface area contributed by atoms with Crippen molar-refractivity contribution in [2.75, 3.05) is 37.4 Å². The number of sulfonamides is 1. The average Bonchev–Trinajstić information content (AvgIpc) is 2.71. The first kappa shape index (κ1) is 23.5. The molecule has 0 aliphatic heterocycles. The summed E-state index contributed by atoms with van der Waals surface area (Å²) >= 11 is 0. The summed E-state index contributed by atoms with van der Waals surface area (Å²) < 4.78 is 36.5. The molecule has 164 valence electrons. The largest absolute Gasteiger partial charge is 0.497 e. The van der Waals surface area contributed by atoms with Crippen LogP contribution in [0.25, 0.3) is 0 Å². The van der Waals surface area contributed by atoms with Gasteiger partial charge in [-0.25, -0.2) is 8.42 Å². The lowest BCUT2D eigenvalue weighted by Gasteiger charge is -2.22. The molecule has 29 heavy (non-hydrogen) atoms. The summed E-state index contributed by atoms with van der Waals surface area (Å²) in [6, 6.07) is 6.84. The van der Waals surface area contributed by atoms with E-state index < -0.39 is 10.0 Å². The van der Waals surface area contributed by atoms with Crippen molar-refractivity contribution in [1.29, 1.82) is 0 Å². The molecule has 1 saturated carbocycles. The van der Waals surface area contributed by atoms with Gasteiger partial charge >= 0.3 is 0 Å². The highest BCUT2D eigenvalue weighted by Gasteiger charge is 2.18. The number of amides is 1. The van der Waals surface area contributed by atoms with Gasteiger partial charge in [0, 0.05) is 26.1 Å². The van der Waals surface area contributed by atoms with E-state index in [1.807, 2.05) is 0 Å². The molecule has 1 amide bonds. The summed E-state index contributed by atoms with van der Waals surface area (Å²) in [4.78, 5) is 12.0. The Hall–Kier alpha value is -1.80. The normalized spacial score (nSPS) is 15.1. The van der Waals surface area contributed by atoms with Gasteiger partial charge in [-0.1, -0.05) is 19.3 Å². The minimum absolute atomic E-state index is 0.0640. The summed E-state index contributed by atoms with van der Waals surface area (Å²) in [5, 5.41) is 2.88. The molecule has 1 aromatic carbocycles. The van der Waals surface area contributed by atoms with Gasteiger partial charge in [0.2, 0.25) is 15.9 Å². The molecule has 0 atom stereocenters. The van der Waals surface area contributed by atoms with Gasteiger partial charge in [0.25, 0.3) is 0 Å². The number of nitrogens with one attached hydrogen (secondary N) is 1. The van der Waals surface area contributed by atoms with Crippen LogP contribution in [0.15, 0.2) is 24.3 Å². The lowest BCUT2D eigenvalue weighted by Crippen LogP contribution is -2.32. The third-order valence-electron chi connectivity index (χ3n) is 5.07. The Morgan fingerprint density at radius 1 is 1.14 bits per heavy atom. The molecule has 0 spiro atoms. The topological polar surface area (TPSA) is 84.9 Å². The monoisotopic (exact) mass is 426 g/mol. The van der Waals surface area contributed by atoms with Crippen LogP contribution in [0.2, 0.25) is 0 Å². The maximum Gasteiger partial charge on any atom is 0.232 e. The van der Waals surface area contributed by atoms with Crippen molar-refractivity contribution in [3.05, 3.63) is 24.3 Å². The van der Waals surface area contributed by atoms with E-state index >= 15 is 0 Å². The van der Waals surface area contributed by atoms with Gasteiger partial charge in [0.1, 0.15) is 5.75 Å². The summed E-state index contributed by atoms with van der Waals surface area (Å²) in [6.07, 6.45) is 9.20. The fourth-order valence-corrected chi connectivity index (χ4v) is 4.45. The van der Waals surface area contributed by atoms with Gasteiger partial charge in [-0.2, -0.15) is 0 Å². The number of anilines is 1. The van der Waals surface area contributed by atoms with Crippen molar-refractivity contribution in [3.8, 4) is 5.75 Å². The highest BCUT2D eigenvalue weighted by Crippen LogP contribution is 2.22. The van der Waals surface area contributed by atoms with Crippen LogP contribution < -0.4 is 14.4 Å². The number of methoxy groups -OCH3 is 1. The van der Waals surface area contributed by atoms with Crippen LogP contribution >= 0.6 is 0 Å². The predicted molar refractivity (Wildman–Crippen MR) is 115 cm³/mol. The zero-order chi connectivity index (χ0) is 21.1. The molecule has 1 fully saturated rings. The number of benzene rings is 1. The Bertz CT molecular complexity index is 715. The zero-order valence-electron chi connectivity index (χ0n) is 17.6. The van der Waals surface area contributed by atoms with Crippen LogP contribution in [0.3, 0.4) is 0 Å². The second-order valence-corrected chi connectivity index (χ2v) is 9.38. The molecule has 0 saturated heterocycles. The van der Waals surface area contributed by atoms with E-state index in [2.05, 4.69) is 5.32 Å². The SMILES string of the molecule is COc1ccc(N(CCCC(=O)NCCCOC2CCCCC2)S(C)(=O)=O)cc1. The van der Waals surface area contributed by atoms with Gasteiger partial charge in [-0.05, 0) is 49.9 Å². The maximum absolute atomic E-state index is 12.1. The Morgan fingerprint density at radius 2 is 1.83 bits per heavy atom. The van der Waals surface area contributed by atoms with Crippen molar-refractivity contribution in [2.45, 2.75) is 57.5 Å². The standard InChI is InChI=1S/C21H34N2O5S/c1-27-19-13-11-18(12-14-19)23(29(2,25)26)16-6-10-21(24)22-15-7-17-28-20-8-4-3-5-9-20/h11-14,20H,3-10,15-17H2,1-2H3,(H,22,24). The lowest BCUT2D eigenvalue weighted by molar-refractivity contribution is -0.121. The molecule has 1 aliphatic carbocycles. The molecule has 8 heteroatoms. The average molecular weight is 427 g/mol. The van der Waals surface area contributed by atoms with E-state index in [0.717, 1.165) is 19.3 Å². The highest BCUT2D eigenvalue weighted by atomic mass is 32.2. The van der Waals surface area contributed by atoms with E-state index in [0.29, 0.717) is 37.1 Å².